The molecule has 1 fully saturated rings. The Kier molecular flexibility index (Phi) is 5.65. The van der Waals surface area contributed by atoms with Crippen LogP contribution in [0.4, 0.5) is 11.6 Å². The first kappa shape index (κ1) is 18.9. The van der Waals surface area contributed by atoms with Crippen LogP contribution in [0.15, 0.2) is 36.7 Å². The molecule has 3 aromatic rings. The average Bonchev–Trinajstić information content (AvgIpc) is 3.45. The second-order valence-corrected chi connectivity index (χ2v) is 6.67. The largest absolute Gasteiger partial charge is 0.496 e. The van der Waals surface area contributed by atoms with E-state index in [0.29, 0.717) is 17.7 Å². The summed E-state index contributed by atoms with van der Waals surface area (Å²) in [7, 11) is 1.66. The topological polar surface area (TPSA) is 121 Å². The summed E-state index contributed by atoms with van der Waals surface area (Å²) in [4.78, 5) is 8.12. The number of hydrogen-bond acceptors (Lipinski definition) is 8. The normalized spacial score (nSPS) is 15.8. The van der Waals surface area contributed by atoms with Gasteiger partial charge in [0.1, 0.15) is 17.6 Å². The van der Waals surface area contributed by atoms with Crippen molar-refractivity contribution in [2.24, 2.45) is 0 Å². The summed E-state index contributed by atoms with van der Waals surface area (Å²) in [6, 6.07) is 10.3. The van der Waals surface area contributed by atoms with Gasteiger partial charge < -0.3 is 20.1 Å². The summed E-state index contributed by atoms with van der Waals surface area (Å²) in [5, 5.41) is 22.6. The summed E-state index contributed by atoms with van der Waals surface area (Å²) >= 11 is 0. The molecule has 29 heavy (non-hydrogen) atoms. The van der Waals surface area contributed by atoms with E-state index in [-0.39, 0.29) is 5.69 Å². The zero-order chi connectivity index (χ0) is 20.1. The van der Waals surface area contributed by atoms with Crippen molar-refractivity contribution in [3.05, 3.63) is 47.9 Å². The molecule has 4 rings (SSSR count). The molecule has 9 heteroatoms. The molecule has 0 radical (unpaired) electrons. The lowest BCUT2D eigenvalue weighted by atomic mass is 10.1. The number of methoxy groups -OCH3 is 1. The SMILES string of the molecule is COc1cc(CN[C@@H]2CCOC2)ccc1-c1cc(Nc2cnc(C#N)cn2)n[nH]1. The lowest BCUT2D eigenvalue weighted by molar-refractivity contribution is 0.190. The van der Waals surface area contributed by atoms with Crippen LogP contribution in [-0.4, -0.2) is 46.5 Å². The minimum absolute atomic E-state index is 0.262. The van der Waals surface area contributed by atoms with E-state index in [1.54, 1.807) is 7.11 Å². The van der Waals surface area contributed by atoms with E-state index in [2.05, 4.69) is 36.9 Å². The van der Waals surface area contributed by atoms with E-state index < -0.39 is 0 Å². The maximum Gasteiger partial charge on any atom is 0.158 e. The number of aromatic amines is 1. The monoisotopic (exact) mass is 391 g/mol. The highest BCUT2D eigenvalue weighted by Crippen LogP contribution is 2.31. The molecule has 1 saturated heterocycles. The molecule has 3 N–H and O–H groups in total. The van der Waals surface area contributed by atoms with Crippen LogP contribution >= 0.6 is 0 Å². The molecule has 1 aliphatic heterocycles. The fourth-order valence-corrected chi connectivity index (χ4v) is 3.13. The Morgan fingerprint density at radius 3 is 2.93 bits per heavy atom. The van der Waals surface area contributed by atoms with E-state index >= 15 is 0 Å². The van der Waals surface area contributed by atoms with E-state index in [1.807, 2.05) is 24.3 Å². The Morgan fingerprint density at radius 2 is 2.21 bits per heavy atom. The number of benzene rings is 1. The van der Waals surface area contributed by atoms with E-state index in [9.17, 15) is 0 Å². The van der Waals surface area contributed by atoms with Gasteiger partial charge >= 0.3 is 0 Å². The average molecular weight is 391 g/mol. The van der Waals surface area contributed by atoms with Crippen LogP contribution in [0.1, 0.15) is 17.7 Å². The van der Waals surface area contributed by atoms with Crippen LogP contribution in [0.3, 0.4) is 0 Å². The van der Waals surface area contributed by atoms with Gasteiger partial charge in [0, 0.05) is 30.8 Å². The molecule has 0 bridgehead atoms. The quantitative estimate of drug-likeness (QED) is 0.561. The predicted octanol–water partition coefficient (Wildman–Crippen LogP) is 2.37. The number of hydrogen-bond donors (Lipinski definition) is 3. The zero-order valence-electron chi connectivity index (χ0n) is 16.0. The fourth-order valence-electron chi connectivity index (χ4n) is 3.13. The first-order chi connectivity index (χ1) is 14.2. The van der Waals surface area contributed by atoms with Crippen molar-refractivity contribution in [3.63, 3.8) is 0 Å². The number of nitriles is 1. The van der Waals surface area contributed by atoms with Crippen molar-refractivity contribution in [3.8, 4) is 23.1 Å². The predicted molar refractivity (Wildman–Crippen MR) is 107 cm³/mol. The zero-order valence-corrected chi connectivity index (χ0v) is 16.0. The van der Waals surface area contributed by atoms with Crippen LogP contribution in [0.2, 0.25) is 0 Å². The minimum Gasteiger partial charge on any atom is -0.496 e. The fraction of sp³-hybridized carbons (Fsp3) is 0.300. The highest BCUT2D eigenvalue weighted by atomic mass is 16.5. The Bertz CT molecular complexity index is 1000. The van der Waals surface area contributed by atoms with Gasteiger partial charge in [0.2, 0.25) is 0 Å². The molecule has 3 heterocycles. The van der Waals surface area contributed by atoms with E-state index in [0.717, 1.165) is 48.7 Å². The molecule has 2 aromatic heterocycles. The Hall–Kier alpha value is -3.48. The highest BCUT2D eigenvalue weighted by molar-refractivity contribution is 5.71. The number of rotatable bonds is 7. The third kappa shape index (κ3) is 4.51. The van der Waals surface area contributed by atoms with Crippen molar-refractivity contribution >= 4 is 11.6 Å². The lowest BCUT2D eigenvalue weighted by Gasteiger charge is -2.13. The maximum absolute atomic E-state index is 8.79. The summed E-state index contributed by atoms with van der Waals surface area (Å²) in [6.45, 7) is 2.35. The van der Waals surface area contributed by atoms with E-state index in [1.165, 1.54) is 12.4 Å². The van der Waals surface area contributed by atoms with Crippen molar-refractivity contribution in [2.45, 2.75) is 19.0 Å². The number of ether oxygens (including phenoxy) is 2. The first-order valence-electron chi connectivity index (χ1n) is 9.28. The van der Waals surface area contributed by atoms with Crippen molar-refractivity contribution in [1.29, 1.82) is 5.26 Å². The molecule has 0 spiro atoms. The van der Waals surface area contributed by atoms with Crippen LogP contribution in [-0.2, 0) is 11.3 Å². The standard InChI is InChI=1S/C20H21N7O2/c1-28-18-6-13(9-22-14-4-5-29-12-14)2-3-16(18)17-7-19(27-26-17)25-20-11-23-15(8-21)10-24-20/h2-3,6-7,10-11,14,22H,4-5,9,12H2,1H3,(H2,24,25,26,27)/t14-/m1/s1. The van der Waals surface area contributed by atoms with Gasteiger partial charge in [-0.3, -0.25) is 5.10 Å². The number of anilines is 2. The van der Waals surface area contributed by atoms with Gasteiger partial charge in [-0.25, -0.2) is 9.97 Å². The molecule has 148 valence electrons. The maximum atomic E-state index is 8.79. The molecular weight excluding hydrogens is 370 g/mol. The molecule has 9 nitrogen and oxygen atoms in total. The van der Waals surface area contributed by atoms with Crippen LogP contribution in [0, 0.1) is 11.3 Å². The molecule has 1 atom stereocenters. The summed E-state index contributed by atoms with van der Waals surface area (Å²) in [5.41, 5.74) is 3.13. The Morgan fingerprint density at radius 1 is 1.28 bits per heavy atom. The number of H-pyrrole nitrogens is 1. The van der Waals surface area contributed by atoms with Crippen molar-refractivity contribution in [2.75, 3.05) is 25.6 Å². The molecule has 0 amide bonds. The van der Waals surface area contributed by atoms with Gasteiger partial charge in [-0.15, -0.1) is 0 Å². The molecule has 0 aliphatic carbocycles. The molecule has 1 aliphatic rings. The van der Waals surface area contributed by atoms with Gasteiger partial charge in [0.25, 0.3) is 0 Å². The first-order valence-corrected chi connectivity index (χ1v) is 9.28. The van der Waals surface area contributed by atoms with Crippen LogP contribution in [0.5, 0.6) is 5.75 Å². The molecule has 1 aromatic carbocycles. The highest BCUT2D eigenvalue weighted by Gasteiger charge is 2.15. The van der Waals surface area contributed by atoms with Crippen LogP contribution in [0.25, 0.3) is 11.3 Å². The molecule has 0 saturated carbocycles. The van der Waals surface area contributed by atoms with Gasteiger partial charge in [0.15, 0.2) is 11.5 Å². The van der Waals surface area contributed by atoms with Crippen molar-refractivity contribution < 1.29 is 9.47 Å². The van der Waals surface area contributed by atoms with Gasteiger partial charge in [-0.05, 0) is 24.1 Å². The van der Waals surface area contributed by atoms with Gasteiger partial charge in [-0.2, -0.15) is 10.4 Å². The molecular formula is C20H21N7O2. The number of nitrogens with zero attached hydrogens (tertiary/aromatic N) is 4. The summed E-state index contributed by atoms with van der Waals surface area (Å²) in [5.74, 6) is 1.86. The van der Waals surface area contributed by atoms with E-state index in [4.69, 9.17) is 14.7 Å². The second-order valence-electron chi connectivity index (χ2n) is 6.67. The minimum atomic E-state index is 0.262. The Balaban J connectivity index is 1.46. The summed E-state index contributed by atoms with van der Waals surface area (Å²) in [6.07, 6.45) is 3.94. The third-order valence-corrected chi connectivity index (χ3v) is 4.68. The third-order valence-electron chi connectivity index (χ3n) is 4.68. The smallest absolute Gasteiger partial charge is 0.158 e. The number of aromatic nitrogens is 4. The van der Waals surface area contributed by atoms with Crippen molar-refractivity contribution in [1.82, 2.24) is 25.5 Å². The molecule has 0 unspecified atom stereocenters. The Labute approximate surface area is 168 Å². The van der Waals surface area contributed by atoms with Crippen LogP contribution < -0.4 is 15.4 Å². The van der Waals surface area contributed by atoms with Gasteiger partial charge in [-0.1, -0.05) is 6.07 Å². The lowest BCUT2D eigenvalue weighted by Crippen LogP contribution is -2.28. The number of nitrogens with one attached hydrogen (secondary N) is 3. The second kappa shape index (κ2) is 8.68. The summed E-state index contributed by atoms with van der Waals surface area (Å²) < 4.78 is 11.0. The van der Waals surface area contributed by atoms with Gasteiger partial charge in [0.05, 0.1) is 31.8 Å².